The van der Waals surface area contributed by atoms with E-state index < -0.39 is 0 Å². The van der Waals surface area contributed by atoms with Gasteiger partial charge in [-0.3, -0.25) is 4.90 Å². The van der Waals surface area contributed by atoms with Crippen molar-refractivity contribution in [2.75, 3.05) is 59.6 Å². The summed E-state index contributed by atoms with van der Waals surface area (Å²) in [4.78, 5) is 5.10. The molecule has 0 aromatic rings. The van der Waals surface area contributed by atoms with Gasteiger partial charge in [-0.05, 0) is 33.0 Å². The molecule has 2 rings (SSSR count). The third-order valence-corrected chi connectivity index (χ3v) is 4.23. The maximum absolute atomic E-state index is 9.15. The molecule has 2 N–H and O–H groups in total. The zero-order chi connectivity index (χ0) is 12.8. The van der Waals surface area contributed by atoms with E-state index in [2.05, 4.69) is 15.1 Å². The minimum atomic E-state index is 0.233. The van der Waals surface area contributed by atoms with Crippen molar-refractivity contribution in [1.29, 1.82) is 0 Å². The van der Waals surface area contributed by atoms with E-state index in [1.54, 1.807) is 0 Å². The van der Waals surface area contributed by atoms with Crippen LogP contribution in [0.1, 0.15) is 12.8 Å². The minimum Gasteiger partial charge on any atom is -0.395 e. The second-order valence-corrected chi connectivity index (χ2v) is 5.35. The lowest BCUT2D eigenvalue weighted by atomic mass is 10.2. The van der Waals surface area contributed by atoms with Crippen molar-refractivity contribution < 1.29 is 9.84 Å². The Kier molecular flexibility index (Phi) is 5.85. The fourth-order valence-electron chi connectivity index (χ4n) is 2.92. The Morgan fingerprint density at radius 3 is 2.78 bits per heavy atom. The average molecular weight is 257 g/mol. The van der Waals surface area contributed by atoms with Gasteiger partial charge in [-0.15, -0.1) is 0 Å². The summed E-state index contributed by atoms with van der Waals surface area (Å²) in [5.74, 6) is 0. The molecule has 2 heterocycles. The smallest absolute Gasteiger partial charge is 0.0594 e. The van der Waals surface area contributed by atoms with Crippen molar-refractivity contribution in [1.82, 2.24) is 15.1 Å². The molecule has 106 valence electrons. The maximum atomic E-state index is 9.15. The Morgan fingerprint density at radius 1 is 1.33 bits per heavy atom. The minimum absolute atomic E-state index is 0.233. The quantitative estimate of drug-likeness (QED) is 0.663. The highest BCUT2D eigenvalue weighted by molar-refractivity contribution is 4.84. The zero-order valence-electron chi connectivity index (χ0n) is 11.5. The van der Waals surface area contributed by atoms with E-state index in [0.29, 0.717) is 0 Å². The predicted octanol–water partition coefficient (Wildman–Crippen LogP) is -0.637. The predicted molar refractivity (Wildman–Crippen MR) is 71.8 cm³/mol. The lowest BCUT2D eigenvalue weighted by Crippen LogP contribution is -2.45. The van der Waals surface area contributed by atoms with Crippen LogP contribution in [-0.4, -0.2) is 86.6 Å². The van der Waals surface area contributed by atoms with Crippen LogP contribution < -0.4 is 5.32 Å². The fourth-order valence-corrected chi connectivity index (χ4v) is 2.92. The molecule has 0 aliphatic carbocycles. The molecule has 2 fully saturated rings. The Bertz CT molecular complexity index is 230. The van der Waals surface area contributed by atoms with Crippen LogP contribution in [0.15, 0.2) is 0 Å². The summed E-state index contributed by atoms with van der Waals surface area (Å²) in [6.45, 7) is 7.67. The van der Waals surface area contributed by atoms with Crippen molar-refractivity contribution >= 4 is 0 Å². The lowest BCUT2D eigenvalue weighted by Gasteiger charge is -2.32. The van der Waals surface area contributed by atoms with Gasteiger partial charge in [0.1, 0.15) is 0 Å². The third-order valence-electron chi connectivity index (χ3n) is 4.23. The number of likely N-dealkylation sites (tertiary alicyclic amines) is 1. The highest BCUT2D eigenvalue weighted by Crippen LogP contribution is 2.17. The van der Waals surface area contributed by atoms with Crippen molar-refractivity contribution in [3.8, 4) is 0 Å². The van der Waals surface area contributed by atoms with Crippen LogP contribution in [0, 0.1) is 0 Å². The molecule has 0 radical (unpaired) electrons. The molecular weight excluding hydrogens is 230 g/mol. The topological polar surface area (TPSA) is 48.0 Å². The van der Waals surface area contributed by atoms with Gasteiger partial charge in [-0.25, -0.2) is 0 Å². The highest BCUT2D eigenvalue weighted by atomic mass is 16.5. The first kappa shape index (κ1) is 14.2. The summed E-state index contributed by atoms with van der Waals surface area (Å²) in [7, 11) is 1.92. The number of nitrogens with one attached hydrogen (secondary N) is 1. The molecule has 2 unspecified atom stereocenters. The van der Waals surface area contributed by atoms with Gasteiger partial charge in [0.2, 0.25) is 0 Å². The number of aliphatic hydroxyl groups is 1. The van der Waals surface area contributed by atoms with Crippen LogP contribution in [0.3, 0.4) is 0 Å². The molecule has 0 saturated carbocycles. The van der Waals surface area contributed by atoms with E-state index in [0.717, 1.165) is 45.3 Å². The summed E-state index contributed by atoms with van der Waals surface area (Å²) in [5.41, 5.74) is 0. The molecule has 0 bridgehead atoms. The van der Waals surface area contributed by atoms with Crippen LogP contribution in [0.5, 0.6) is 0 Å². The molecule has 2 saturated heterocycles. The standard InChI is InChI=1S/C13H27N3O2/c1-14-12(11-17)2-4-15-5-3-13(10-15)16-6-8-18-9-7-16/h12-14,17H,2-11H2,1H3. The summed E-state index contributed by atoms with van der Waals surface area (Å²) < 4.78 is 5.40. The fraction of sp³-hybridized carbons (Fsp3) is 1.00. The van der Waals surface area contributed by atoms with E-state index in [1.165, 1.54) is 19.5 Å². The summed E-state index contributed by atoms with van der Waals surface area (Å²) in [5, 5.41) is 12.3. The summed E-state index contributed by atoms with van der Waals surface area (Å²) in [6.07, 6.45) is 2.31. The van der Waals surface area contributed by atoms with Gasteiger partial charge < -0.3 is 20.1 Å². The van der Waals surface area contributed by atoms with Gasteiger partial charge >= 0.3 is 0 Å². The van der Waals surface area contributed by atoms with Crippen molar-refractivity contribution in [3.63, 3.8) is 0 Å². The Balaban J connectivity index is 1.67. The monoisotopic (exact) mass is 257 g/mol. The normalized spacial score (nSPS) is 28.7. The van der Waals surface area contributed by atoms with E-state index in [4.69, 9.17) is 9.84 Å². The number of likely N-dealkylation sites (N-methyl/N-ethyl adjacent to an activating group) is 1. The Labute approximate surface area is 110 Å². The number of nitrogens with zero attached hydrogens (tertiary/aromatic N) is 2. The second-order valence-electron chi connectivity index (χ2n) is 5.35. The molecule has 0 aromatic carbocycles. The first-order valence-corrected chi connectivity index (χ1v) is 7.15. The number of aliphatic hydroxyl groups excluding tert-OH is 1. The third kappa shape index (κ3) is 3.90. The van der Waals surface area contributed by atoms with Gasteiger partial charge in [0.05, 0.1) is 19.8 Å². The van der Waals surface area contributed by atoms with Crippen LogP contribution >= 0.6 is 0 Å². The molecule has 5 heteroatoms. The average Bonchev–Trinajstić information content (AvgIpc) is 2.90. The summed E-state index contributed by atoms with van der Waals surface area (Å²) >= 11 is 0. The zero-order valence-corrected chi connectivity index (χ0v) is 11.5. The van der Waals surface area contributed by atoms with Crippen molar-refractivity contribution in [3.05, 3.63) is 0 Å². The number of hydrogen-bond acceptors (Lipinski definition) is 5. The maximum Gasteiger partial charge on any atom is 0.0594 e. The van der Waals surface area contributed by atoms with Gasteiger partial charge in [0, 0.05) is 31.7 Å². The van der Waals surface area contributed by atoms with Crippen LogP contribution in [0.2, 0.25) is 0 Å². The molecule has 5 nitrogen and oxygen atoms in total. The van der Waals surface area contributed by atoms with E-state index in [-0.39, 0.29) is 12.6 Å². The lowest BCUT2D eigenvalue weighted by molar-refractivity contribution is 0.0184. The van der Waals surface area contributed by atoms with E-state index in [1.807, 2.05) is 7.05 Å². The van der Waals surface area contributed by atoms with Gasteiger partial charge in [-0.1, -0.05) is 0 Å². The van der Waals surface area contributed by atoms with Crippen LogP contribution in [0.25, 0.3) is 0 Å². The molecule has 0 spiro atoms. The first-order valence-electron chi connectivity index (χ1n) is 7.15. The van der Waals surface area contributed by atoms with Gasteiger partial charge in [0.25, 0.3) is 0 Å². The number of morpholine rings is 1. The molecule has 2 aliphatic rings. The van der Waals surface area contributed by atoms with Crippen LogP contribution in [0.4, 0.5) is 0 Å². The van der Waals surface area contributed by atoms with Crippen molar-refractivity contribution in [2.45, 2.75) is 24.9 Å². The van der Waals surface area contributed by atoms with E-state index >= 15 is 0 Å². The molecular formula is C13H27N3O2. The Morgan fingerprint density at radius 2 is 2.11 bits per heavy atom. The SMILES string of the molecule is CNC(CO)CCN1CCC(N2CCOCC2)C1. The molecule has 18 heavy (non-hydrogen) atoms. The van der Waals surface area contributed by atoms with Gasteiger partial charge in [-0.2, -0.15) is 0 Å². The first-order chi connectivity index (χ1) is 8.83. The Hall–Kier alpha value is -0.200. The largest absolute Gasteiger partial charge is 0.395 e. The second kappa shape index (κ2) is 7.40. The molecule has 2 atom stereocenters. The molecule has 0 amide bonds. The molecule has 2 aliphatic heterocycles. The highest BCUT2D eigenvalue weighted by Gasteiger charge is 2.28. The van der Waals surface area contributed by atoms with Gasteiger partial charge in [0.15, 0.2) is 0 Å². The molecule has 0 aromatic heterocycles. The number of hydrogen-bond donors (Lipinski definition) is 2. The van der Waals surface area contributed by atoms with Crippen molar-refractivity contribution in [2.24, 2.45) is 0 Å². The number of ether oxygens (including phenoxy) is 1. The number of rotatable bonds is 6. The van der Waals surface area contributed by atoms with Crippen LogP contribution in [-0.2, 0) is 4.74 Å². The summed E-state index contributed by atoms with van der Waals surface area (Å²) in [6, 6.07) is 0.962. The van der Waals surface area contributed by atoms with E-state index in [9.17, 15) is 0 Å².